The van der Waals surface area contributed by atoms with Crippen LogP contribution in [0.2, 0.25) is 0 Å². The van der Waals surface area contributed by atoms with Gasteiger partial charge in [0.15, 0.2) is 0 Å². The Morgan fingerprint density at radius 2 is 1.88 bits per heavy atom. The summed E-state index contributed by atoms with van der Waals surface area (Å²) in [4.78, 5) is 23.1. The third-order valence-electron chi connectivity index (χ3n) is 7.34. The van der Waals surface area contributed by atoms with Crippen LogP contribution in [0.4, 0.5) is 0 Å². The minimum atomic E-state index is -0.647. The average molecular weight is 467 g/mol. The van der Waals surface area contributed by atoms with Crippen LogP contribution >= 0.6 is 0 Å². The van der Waals surface area contributed by atoms with Crippen LogP contribution in [0.1, 0.15) is 66.2 Å². The van der Waals surface area contributed by atoms with Gasteiger partial charge >= 0.3 is 11.9 Å². The number of fused-ring (bicyclic) bond motifs is 3. The SMILES string of the molecule is CC(=O)OC[C@H]1O[C@H]2CC[C@H]3O[C@H]4CCCO[C@@H]4[C@H](C)/C=C\C[C@@H]3O[C@]2(C)C[C@@H]1OC(C)=O. The summed E-state index contributed by atoms with van der Waals surface area (Å²) in [5, 5.41) is 0. The van der Waals surface area contributed by atoms with Crippen molar-refractivity contribution in [3.05, 3.63) is 12.2 Å². The Labute approximate surface area is 196 Å². The van der Waals surface area contributed by atoms with Gasteiger partial charge in [-0.15, -0.1) is 0 Å². The molecule has 4 aliphatic heterocycles. The highest BCUT2D eigenvalue weighted by Crippen LogP contribution is 2.42. The van der Waals surface area contributed by atoms with Crippen molar-refractivity contribution in [2.24, 2.45) is 5.92 Å². The van der Waals surface area contributed by atoms with E-state index in [0.29, 0.717) is 6.42 Å². The fourth-order valence-electron chi connectivity index (χ4n) is 5.73. The van der Waals surface area contributed by atoms with Crippen molar-refractivity contribution in [1.82, 2.24) is 0 Å². The van der Waals surface area contributed by atoms with Gasteiger partial charge in [-0.25, -0.2) is 0 Å². The maximum atomic E-state index is 11.8. The van der Waals surface area contributed by atoms with E-state index < -0.39 is 23.8 Å². The molecule has 8 heteroatoms. The van der Waals surface area contributed by atoms with Crippen LogP contribution in [0.15, 0.2) is 12.2 Å². The van der Waals surface area contributed by atoms with Gasteiger partial charge < -0.3 is 28.4 Å². The third kappa shape index (κ3) is 5.78. The number of hydrogen-bond donors (Lipinski definition) is 0. The van der Waals surface area contributed by atoms with Crippen molar-refractivity contribution >= 4 is 11.9 Å². The molecular weight excluding hydrogens is 428 g/mol. The van der Waals surface area contributed by atoms with E-state index in [1.807, 2.05) is 6.92 Å². The Bertz CT molecular complexity index is 738. The molecule has 0 N–H and O–H groups in total. The number of carbonyl (C=O) groups is 2. The van der Waals surface area contributed by atoms with Crippen molar-refractivity contribution in [3.63, 3.8) is 0 Å². The smallest absolute Gasteiger partial charge is 0.302 e. The van der Waals surface area contributed by atoms with Gasteiger partial charge in [-0.1, -0.05) is 19.1 Å². The molecule has 0 aromatic rings. The highest BCUT2D eigenvalue weighted by atomic mass is 16.6. The summed E-state index contributed by atoms with van der Waals surface area (Å²) >= 11 is 0. The molecule has 4 aliphatic rings. The Morgan fingerprint density at radius 3 is 2.64 bits per heavy atom. The van der Waals surface area contributed by atoms with Gasteiger partial charge in [0.05, 0.1) is 36.1 Å². The molecule has 0 aromatic carbocycles. The number of carbonyl (C=O) groups excluding carboxylic acids is 2. The zero-order valence-electron chi connectivity index (χ0n) is 20.2. The lowest BCUT2D eigenvalue weighted by atomic mass is 9.84. The highest BCUT2D eigenvalue weighted by Gasteiger charge is 2.52. The van der Waals surface area contributed by atoms with Gasteiger partial charge in [-0.2, -0.15) is 0 Å². The largest absolute Gasteiger partial charge is 0.463 e. The molecular formula is C25H38O8. The first-order valence-electron chi connectivity index (χ1n) is 12.3. The molecule has 4 heterocycles. The molecule has 9 atom stereocenters. The monoisotopic (exact) mass is 466 g/mol. The lowest BCUT2D eigenvalue weighted by molar-refractivity contribution is -0.255. The van der Waals surface area contributed by atoms with E-state index in [0.717, 1.165) is 38.7 Å². The van der Waals surface area contributed by atoms with Gasteiger partial charge in [0.2, 0.25) is 0 Å². The predicted octanol–water partition coefficient (Wildman–Crippen LogP) is 3.11. The molecule has 0 radical (unpaired) electrons. The van der Waals surface area contributed by atoms with Gasteiger partial charge in [0.25, 0.3) is 0 Å². The van der Waals surface area contributed by atoms with Gasteiger partial charge in [0, 0.05) is 32.8 Å². The summed E-state index contributed by atoms with van der Waals surface area (Å²) in [5.41, 5.74) is -0.647. The molecule has 0 spiro atoms. The van der Waals surface area contributed by atoms with Crippen LogP contribution in [0.25, 0.3) is 0 Å². The maximum Gasteiger partial charge on any atom is 0.302 e. The fraction of sp³-hybridized carbons (Fsp3) is 0.840. The topological polar surface area (TPSA) is 89.5 Å². The average Bonchev–Trinajstić information content (AvgIpc) is 2.83. The summed E-state index contributed by atoms with van der Waals surface area (Å²) < 4.78 is 36.7. The van der Waals surface area contributed by atoms with Crippen molar-refractivity contribution in [2.75, 3.05) is 13.2 Å². The van der Waals surface area contributed by atoms with E-state index in [4.69, 9.17) is 28.4 Å². The first-order valence-corrected chi connectivity index (χ1v) is 12.3. The molecule has 0 saturated carbocycles. The molecule has 0 amide bonds. The molecule has 0 bridgehead atoms. The zero-order chi connectivity index (χ0) is 23.6. The Morgan fingerprint density at radius 1 is 1.06 bits per heavy atom. The summed E-state index contributed by atoms with van der Waals surface area (Å²) in [6.45, 7) is 7.78. The molecule has 0 unspecified atom stereocenters. The molecule has 186 valence electrons. The minimum Gasteiger partial charge on any atom is -0.463 e. The Hall–Kier alpha value is -1.48. The van der Waals surface area contributed by atoms with Crippen LogP contribution < -0.4 is 0 Å². The van der Waals surface area contributed by atoms with Crippen molar-refractivity contribution < 1.29 is 38.0 Å². The normalized spacial score (nSPS) is 44.4. The maximum absolute atomic E-state index is 11.8. The number of rotatable bonds is 3. The van der Waals surface area contributed by atoms with Crippen LogP contribution in [-0.2, 0) is 38.0 Å². The Kier molecular flexibility index (Phi) is 7.78. The Balaban J connectivity index is 1.54. The second-order valence-corrected chi connectivity index (χ2v) is 10.1. The number of ether oxygens (including phenoxy) is 6. The van der Waals surface area contributed by atoms with E-state index >= 15 is 0 Å². The quantitative estimate of drug-likeness (QED) is 0.463. The van der Waals surface area contributed by atoms with Crippen LogP contribution in [0.5, 0.6) is 0 Å². The predicted molar refractivity (Wildman–Crippen MR) is 119 cm³/mol. The van der Waals surface area contributed by atoms with E-state index in [1.165, 1.54) is 13.8 Å². The van der Waals surface area contributed by atoms with E-state index in [-0.39, 0.29) is 49.0 Å². The van der Waals surface area contributed by atoms with Gasteiger partial charge in [-0.05, 0) is 39.0 Å². The summed E-state index contributed by atoms with van der Waals surface area (Å²) in [5.74, 6) is -0.496. The molecule has 0 aromatic heterocycles. The van der Waals surface area contributed by atoms with Crippen molar-refractivity contribution in [3.8, 4) is 0 Å². The van der Waals surface area contributed by atoms with Crippen LogP contribution in [0.3, 0.4) is 0 Å². The first kappa shape index (κ1) is 24.6. The highest BCUT2D eigenvalue weighted by molar-refractivity contribution is 5.66. The standard InChI is InChI=1S/C25H38O8/c1-15-7-5-8-19-18(31-20-9-6-12-28-24(15)20)10-11-23-25(4,33-19)13-21(30-17(3)27)22(32-23)14-29-16(2)26/h5,7,15,18-24H,6,8-14H2,1-4H3/b7-5-/t15-,18-,19+,20+,21+,22-,23+,24-,25-/m1/s1. The van der Waals surface area contributed by atoms with Crippen LogP contribution in [0, 0.1) is 5.92 Å². The molecule has 33 heavy (non-hydrogen) atoms. The third-order valence-corrected chi connectivity index (χ3v) is 7.34. The first-order chi connectivity index (χ1) is 15.7. The number of esters is 2. The van der Waals surface area contributed by atoms with Crippen molar-refractivity contribution in [1.29, 1.82) is 0 Å². The summed E-state index contributed by atoms with van der Waals surface area (Å²) in [6, 6.07) is 0. The van der Waals surface area contributed by atoms with Gasteiger partial charge in [-0.3, -0.25) is 9.59 Å². The number of hydrogen-bond acceptors (Lipinski definition) is 8. The van der Waals surface area contributed by atoms with E-state index in [9.17, 15) is 9.59 Å². The summed E-state index contributed by atoms with van der Waals surface area (Å²) in [7, 11) is 0. The van der Waals surface area contributed by atoms with E-state index in [2.05, 4.69) is 19.1 Å². The second-order valence-electron chi connectivity index (χ2n) is 10.1. The lowest BCUT2D eigenvalue weighted by Crippen LogP contribution is -2.58. The zero-order valence-corrected chi connectivity index (χ0v) is 20.2. The molecule has 8 nitrogen and oxygen atoms in total. The van der Waals surface area contributed by atoms with Crippen molar-refractivity contribution in [2.45, 2.75) is 115 Å². The van der Waals surface area contributed by atoms with Gasteiger partial charge in [0.1, 0.15) is 18.8 Å². The molecule has 4 rings (SSSR count). The minimum absolute atomic E-state index is 0.0466. The lowest BCUT2D eigenvalue weighted by Gasteiger charge is -2.47. The molecule has 3 fully saturated rings. The second kappa shape index (κ2) is 10.4. The fourth-order valence-corrected chi connectivity index (χ4v) is 5.73. The van der Waals surface area contributed by atoms with Crippen LogP contribution in [-0.4, -0.2) is 73.5 Å². The molecule has 3 saturated heterocycles. The molecule has 0 aliphatic carbocycles. The van der Waals surface area contributed by atoms with E-state index in [1.54, 1.807) is 0 Å². The summed E-state index contributed by atoms with van der Waals surface area (Å²) in [6.07, 6.45) is 7.78.